The molecule has 0 atom stereocenters. The first-order valence-corrected chi connectivity index (χ1v) is 14.9. The second-order valence-electron chi connectivity index (χ2n) is 11.5. The minimum Gasteiger partial charge on any atom is -0.253 e. The molecular formula is C42H27N. The molecule has 1 aliphatic rings. The molecule has 8 aromatic rings. The Balaban J connectivity index is 1.42. The molecule has 0 saturated heterocycles. The average molecular weight is 546 g/mol. The smallest absolute Gasteiger partial charge is 0.0711 e. The summed E-state index contributed by atoms with van der Waals surface area (Å²) in [5, 5.41) is 6.34. The van der Waals surface area contributed by atoms with E-state index in [1.165, 1.54) is 82.6 Å². The van der Waals surface area contributed by atoms with Crippen LogP contribution in [0.3, 0.4) is 0 Å². The minimum absolute atomic E-state index is 1.04. The van der Waals surface area contributed by atoms with E-state index in [2.05, 4.69) is 153 Å². The number of hydrogen-bond acceptors (Lipinski definition) is 1. The lowest BCUT2D eigenvalue weighted by molar-refractivity contribution is 1.26. The summed E-state index contributed by atoms with van der Waals surface area (Å²) < 4.78 is 0. The molecule has 0 saturated carbocycles. The van der Waals surface area contributed by atoms with Gasteiger partial charge in [-0.3, -0.25) is 4.98 Å². The minimum atomic E-state index is 1.04. The Hall–Kier alpha value is -5.53. The zero-order valence-electron chi connectivity index (χ0n) is 23.8. The number of hydrogen-bond donors (Lipinski definition) is 0. The van der Waals surface area contributed by atoms with Crippen molar-refractivity contribution in [3.05, 3.63) is 151 Å². The van der Waals surface area contributed by atoms with E-state index in [1.807, 2.05) is 0 Å². The number of nitrogens with zero attached hydrogens (tertiary/aromatic N) is 1. The molecule has 0 bridgehead atoms. The van der Waals surface area contributed by atoms with Gasteiger partial charge >= 0.3 is 0 Å². The number of aromatic nitrogens is 1. The third kappa shape index (κ3) is 3.55. The second-order valence-corrected chi connectivity index (χ2v) is 11.5. The number of pyridine rings is 1. The largest absolute Gasteiger partial charge is 0.253 e. The standard InChI is InChI=1S/C42H27N/c1-26-19-20-27-21-22-30(25-37(27)43-26)31-23-24-36-40-32(31)17-10-18-35(40)41-38(28-11-4-2-5-12-28)33-15-8-9-16-34(33)39(42(36)41)29-13-6-3-7-14-29/h2-25H,1H3. The Kier molecular flexibility index (Phi) is 5.18. The highest BCUT2D eigenvalue weighted by atomic mass is 14.7. The van der Waals surface area contributed by atoms with E-state index >= 15 is 0 Å². The Labute approximate surface area is 250 Å². The van der Waals surface area contributed by atoms with Crippen molar-refractivity contribution in [2.75, 3.05) is 0 Å². The molecule has 0 fully saturated rings. The molecule has 9 rings (SSSR count). The van der Waals surface area contributed by atoms with Gasteiger partial charge in [-0.15, -0.1) is 0 Å². The van der Waals surface area contributed by atoms with Gasteiger partial charge in [-0.05, 0) is 96.2 Å². The van der Waals surface area contributed by atoms with Crippen molar-refractivity contribution in [2.24, 2.45) is 0 Å². The summed E-state index contributed by atoms with van der Waals surface area (Å²) in [6.45, 7) is 2.06. The van der Waals surface area contributed by atoms with Gasteiger partial charge in [-0.2, -0.15) is 0 Å². The highest BCUT2D eigenvalue weighted by Gasteiger charge is 2.31. The quantitative estimate of drug-likeness (QED) is 0.215. The van der Waals surface area contributed by atoms with Crippen molar-refractivity contribution in [1.82, 2.24) is 4.98 Å². The first-order chi connectivity index (χ1) is 21.3. The Morgan fingerprint density at radius 1 is 0.395 bits per heavy atom. The fraction of sp³-hybridized carbons (Fsp3) is 0.0238. The molecule has 0 spiro atoms. The van der Waals surface area contributed by atoms with Gasteiger partial charge in [0.25, 0.3) is 0 Å². The van der Waals surface area contributed by atoms with E-state index in [0.717, 1.165) is 11.2 Å². The maximum atomic E-state index is 4.84. The van der Waals surface area contributed by atoms with Crippen LogP contribution in [0.2, 0.25) is 0 Å². The molecule has 0 amide bonds. The van der Waals surface area contributed by atoms with Gasteiger partial charge in [0, 0.05) is 11.1 Å². The van der Waals surface area contributed by atoms with Gasteiger partial charge in [0.2, 0.25) is 0 Å². The third-order valence-corrected chi connectivity index (χ3v) is 9.06. The highest BCUT2D eigenvalue weighted by Crippen LogP contribution is 2.58. The summed E-state index contributed by atoms with van der Waals surface area (Å²) in [4.78, 5) is 4.84. The number of aryl methyl sites for hydroxylation is 1. The lowest BCUT2D eigenvalue weighted by atomic mass is 9.82. The maximum absolute atomic E-state index is 4.84. The molecule has 0 radical (unpaired) electrons. The zero-order valence-corrected chi connectivity index (χ0v) is 23.8. The zero-order chi connectivity index (χ0) is 28.5. The van der Waals surface area contributed by atoms with Gasteiger partial charge in [0.05, 0.1) is 5.52 Å². The average Bonchev–Trinajstić information content (AvgIpc) is 3.39. The third-order valence-electron chi connectivity index (χ3n) is 9.06. The number of rotatable bonds is 3. The SMILES string of the molecule is Cc1ccc2ccc(-c3ccc4c5c(cccc35)-c3c-4c(-c4ccccc4)c4ccccc4c3-c3ccccc3)cc2n1. The molecule has 0 unspecified atom stereocenters. The summed E-state index contributed by atoms with van der Waals surface area (Å²) in [5.74, 6) is 0. The van der Waals surface area contributed by atoms with Crippen LogP contribution in [0.15, 0.2) is 146 Å². The monoisotopic (exact) mass is 545 g/mol. The van der Waals surface area contributed by atoms with E-state index in [0.29, 0.717) is 0 Å². The molecule has 0 aliphatic heterocycles. The molecule has 1 nitrogen and oxygen atoms in total. The van der Waals surface area contributed by atoms with Crippen LogP contribution in [0.4, 0.5) is 0 Å². The van der Waals surface area contributed by atoms with E-state index in [1.54, 1.807) is 0 Å². The Bertz CT molecular complexity index is 2290. The van der Waals surface area contributed by atoms with Crippen LogP contribution < -0.4 is 0 Å². The molecule has 1 aromatic heterocycles. The van der Waals surface area contributed by atoms with Crippen molar-refractivity contribution in [3.8, 4) is 55.6 Å². The summed E-state index contributed by atoms with van der Waals surface area (Å²) in [7, 11) is 0. The topological polar surface area (TPSA) is 12.9 Å². The lowest BCUT2D eigenvalue weighted by Gasteiger charge is -2.20. The normalized spacial score (nSPS) is 11.8. The maximum Gasteiger partial charge on any atom is 0.0711 e. The van der Waals surface area contributed by atoms with Crippen molar-refractivity contribution in [2.45, 2.75) is 6.92 Å². The first kappa shape index (κ1) is 24.1. The van der Waals surface area contributed by atoms with Crippen LogP contribution in [-0.2, 0) is 0 Å². The molecule has 1 heteroatoms. The summed E-state index contributed by atoms with van der Waals surface area (Å²) in [5.41, 5.74) is 14.9. The van der Waals surface area contributed by atoms with Crippen molar-refractivity contribution in [3.63, 3.8) is 0 Å². The van der Waals surface area contributed by atoms with Crippen LogP contribution in [0.5, 0.6) is 0 Å². The second kappa shape index (κ2) is 9.24. The molecule has 200 valence electrons. The molecule has 43 heavy (non-hydrogen) atoms. The van der Waals surface area contributed by atoms with Crippen LogP contribution >= 0.6 is 0 Å². The summed E-state index contributed by atoms with van der Waals surface area (Å²) >= 11 is 0. The van der Waals surface area contributed by atoms with Gasteiger partial charge in [-0.1, -0.05) is 133 Å². The molecule has 1 aliphatic carbocycles. The van der Waals surface area contributed by atoms with Gasteiger partial charge < -0.3 is 0 Å². The lowest BCUT2D eigenvalue weighted by Crippen LogP contribution is -1.93. The fourth-order valence-corrected chi connectivity index (χ4v) is 7.25. The van der Waals surface area contributed by atoms with Crippen molar-refractivity contribution >= 4 is 32.4 Å². The van der Waals surface area contributed by atoms with Crippen LogP contribution in [0.25, 0.3) is 88.1 Å². The van der Waals surface area contributed by atoms with E-state index in [4.69, 9.17) is 4.98 Å². The predicted octanol–water partition coefficient (Wildman–Crippen LogP) is 11.5. The Morgan fingerprint density at radius 3 is 1.63 bits per heavy atom. The van der Waals surface area contributed by atoms with Gasteiger partial charge in [-0.25, -0.2) is 0 Å². The van der Waals surface area contributed by atoms with Gasteiger partial charge in [0.15, 0.2) is 0 Å². The Morgan fingerprint density at radius 2 is 0.953 bits per heavy atom. The molecule has 0 N–H and O–H groups in total. The summed E-state index contributed by atoms with van der Waals surface area (Å²) in [6, 6.07) is 53.2. The van der Waals surface area contributed by atoms with E-state index in [9.17, 15) is 0 Å². The predicted molar refractivity (Wildman–Crippen MR) is 182 cm³/mol. The van der Waals surface area contributed by atoms with Crippen LogP contribution in [-0.4, -0.2) is 4.98 Å². The van der Waals surface area contributed by atoms with E-state index < -0.39 is 0 Å². The number of fused-ring (bicyclic) bond motifs is 5. The fourth-order valence-electron chi connectivity index (χ4n) is 7.25. The van der Waals surface area contributed by atoms with Gasteiger partial charge in [0.1, 0.15) is 0 Å². The van der Waals surface area contributed by atoms with Crippen molar-refractivity contribution in [1.29, 1.82) is 0 Å². The highest BCUT2D eigenvalue weighted by molar-refractivity contribution is 6.28. The van der Waals surface area contributed by atoms with Crippen molar-refractivity contribution < 1.29 is 0 Å². The molecular weight excluding hydrogens is 518 g/mol. The number of benzene rings is 7. The van der Waals surface area contributed by atoms with Crippen LogP contribution in [0.1, 0.15) is 5.69 Å². The summed E-state index contributed by atoms with van der Waals surface area (Å²) in [6.07, 6.45) is 0. The molecule has 7 aromatic carbocycles. The van der Waals surface area contributed by atoms with Crippen LogP contribution in [0, 0.1) is 6.92 Å². The first-order valence-electron chi connectivity index (χ1n) is 14.9. The van der Waals surface area contributed by atoms with E-state index in [-0.39, 0.29) is 0 Å². The molecule has 1 heterocycles.